The first-order valence-corrected chi connectivity index (χ1v) is 13.8. The molecular weight excluding hydrogens is 518 g/mol. The highest BCUT2D eigenvalue weighted by Gasteiger charge is 2.33. The molecule has 6 rings (SSSR count). The number of anilines is 1. The predicted molar refractivity (Wildman–Crippen MR) is 151 cm³/mol. The molecule has 38 heavy (non-hydrogen) atoms. The Labute approximate surface area is 230 Å². The van der Waals surface area contributed by atoms with Crippen LogP contribution in [0.25, 0.3) is 5.00 Å². The molecule has 1 aliphatic carbocycles. The molecule has 1 unspecified atom stereocenters. The van der Waals surface area contributed by atoms with Gasteiger partial charge in [-0.05, 0) is 68.7 Å². The highest BCUT2D eigenvalue weighted by atomic mass is 35.5. The van der Waals surface area contributed by atoms with Gasteiger partial charge in [0, 0.05) is 39.6 Å². The number of fused-ring (bicyclic) bond motifs is 4. The van der Waals surface area contributed by atoms with Crippen LogP contribution < -0.4 is 5.32 Å². The number of amides is 1. The standard InChI is InChI=1S/C29H28ClN5O2S/c1-15-16(2)38-28-25(15)26(18-5-8-21(30)9-6-18)32-23(27-34-33-17(3)35(27)28)12-24(36)31-22-10-7-19-13-29(4,37)14-20(19)11-22/h5-11,23,37H,12-14H2,1-4H3,(H,31,36)/t23-,29?/m0/s1. The lowest BCUT2D eigenvalue weighted by Gasteiger charge is -2.14. The second kappa shape index (κ2) is 9.15. The largest absolute Gasteiger partial charge is 0.389 e. The summed E-state index contributed by atoms with van der Waals surface area (Å²) >= 11 is 7.88. The highest BCUT2D eigenvalue weighted by molar-refractivity contribution is 7.15. The van der Waals surface area contributed by atoms with E-state index in [1.54, 1.807) is 11.3 Å². The second-order valence-electron chi connectivity index (χ2n) is 10.5. The van der Waals surface area contributed by atoms with Crippen LogP contribution in [0.1, 0.15) is 63.7 Å². The fourth-order valence-electron chi connectivity index (χ4n) is 5.44. The Morgan fingerprint density at radius 2 is 1.87 bits per heavy atom. The van der Waals surface area contributed by atoms with Crippen molar-refractivity contribution in [2.45, 2.75) is 58.6 Å². The van der Waals surface area contributed by atoms with Crippen LogP contribution in [0.15, 0.2) is 47.5 Å². The fraction of sp³-hybridized carbons (Fsp3) is 0.310. The van der Waals surface area contributed by atoms with Crippen molar-refractivity contribution < 1.29 is 9.90 Å². The van der Waals surface area contributed by atoms with Gasteiger partial charge >= 0.3 is 0 Å². The van der Waals surface area contributed by atoms with E-state index in [0.717, 1.165) is 44.4 Å². The minimum atomic E-state index is -0.740. The maximum atomic E-state index is 13.4. The van der Waals surface area contributed by atoms with Crippen molar-refractivity contribution in [1.82, 2.24) is 14.8 Å². The number of nitrogens with zero attached hydrogens (tertiary/aromatic N) is 4. The van der Waals surface area contributed by atoms with Gasteiger partial charge in [-0.25, -0.2) is 0 Å². The zero-order valence-electron chi connectivity index (χ0n) is 21.7. The number of nitrogens with one attached hydrogen (secondary N) is 1. The molecule has 2 aromatic heterocycles. The van der Waals surface area contributed by atoms with Gasteiger partial charge in [0.2, 0.25) is 5.91 Å². The molecule has 0 fully saturated rings. The number of carbonyl (C=O) groups excluding carboxylic acids is 1. The predicted octanol–water partition coefficient (Wildman–Crippen LogP) is 5.68. The number of halogens is 1. The number of carbonyl (C=O) groups is 1. The van der Waals surface area contributed by atoms with E-state index >= 15 is 0 Å². The first kappa shape index (κ1) is 25.0. The Bertz CT molecular complexity index is 1620. The molecule has 2 aromatic carbocycles. The first-order chi connectivity index (χ1) is 18.1. The lowest BCUT2D eigenvalue weighted by molar-refractivity contribution is -0.116. The second-order valence-corrected chi connectivity index (χ2v) is 12.1. The molecule has 194 valence electrons. The number of aliphatic imine (C=N–C) groups is 1. The monoisotopic (exact) mass is 545 g/mol. The van der Waals surface area contributed by atoms with E-state index in [9.17, 15) is 9.90 Å². The van der Waals surface area contributed by atoms with Gasteiger partial charge in [-0.2, -0.15) is 0 Å². The lowest BCUT2D eigenvalue weighted by atomic mass is 9.99. The number of aryl methyl sites for hydroxylation is 2. The summed E-state index contributed by atoms with van der Waals surface area (Å²) in [7, 11) is 0. The smallest absolute Gasteiger partial charge is 0.227 e. The minimum absolute atomic E-state index is 0.108. The van der Waals surface area contributed by atoms with Crippen LogP contribution in [-0.2, 0) is 17.6 Å². The molecule has 1 amide bonds. The summed E-state index contributed by atoms with van der Waals surface area (Å²) in [5, 5.41) is 24.0. The molecule has 0 saturated heterocycles. The summed E-state index contributed by atoms with van der Waals surface area (Å²) in [5.41, 5.74) is 6.10. The van der Waals surface area contributed by atoms with Crippen molar-refractivity contribution in [3.8, 4) is 5.00 Å². The fourth-order valence-corrected chi connectivity index (χ4v) is 6.78. The van der Waals surface area contributed by atoms with Crippen LogP contribution in [0, 0.1) is 20.8 Å². The van der Waals surface area contributed by atoms with Crippen molar-refractivity contribution >= 4 is 40.2 Å². The number of hydrogen-bond acceptors (Lipinski definition) is 6. The third-order valence-electron chi connectivity index (χ3n) is 7.37. The Morgan fingerprint density at radius 3 is 2.63 bits per heavy atom. The van der Waals surface area contributed by atoms with Crippen LogP contribution in [0.5, 0.6) is 0 Å². The Hall–Kier alpha value is -3.33. The average Bonchev–Trinajstić information content (AvgIpc) is 3.45. The summed E-state index contributed by atoms with van der Waals surface area (Å²) in [5.74, 6) is 1.24. The minimum Gasteiger partial charge on any atom is -0.389 e. The number of hydrogen-bond donors (Lipinski definition) is 2. The van der Waals surface area contributed by atoms with E-state index in [1.807, 2.05) is 60.9 Å². The molecule has 0 saturated carbocycles. The number of aromatic nitrogens is 3. The van der Waals surface area contributed by atoms with E-state index in [4.69, 9.17) is 16.6 Å². The van der Waals surface area contributed by atoms with Gasteiger partial charge in [-0.3, -0.25) is 14.4 Å². The first-order valence-electron chi connectivity index (χ1n) is 12.6. The summed E-state index contributed by atoms with van der Waals surface area (Å²) in [4.78, 5) is 19.7. The molecule has 2 atom stereocenters. The van der Waals surface area contributed by atoms with Gasteiger partial charge in [0.1, 0.15) is 16.9 Å². The highest BCUT2D eigenvalue weighted by Crippen LogP contribution is 2.40. The van der Waals surface area contributed by atoms with E-state index in [0.29, 0.717) is 29.4 Å². The van der Waals surface area contributed by atoms with Crippen molar-refractivity contribution in [2.24, 2.45) is 4.99 Å². The van der Waals surface area contributed by atoms with Gasteiger partial charge in [-0.1, -0.05) is 29.8 Å². The van der Waals surface area contributed by atoms with Crippen LogP contribution >= 0.6 is 22.9 Å². The SMILES string of the molecule is Cc1sc2c(c1C)C(c1ccc(Cl)cc1)=N[C@@H](CC(=O)Nc1ccc3c(c1)CC(C)(O)C3)c1nnc(C)n1-2. The number of aliphatic hydroxyl groups is 1. The van der Waals surface area contributed by atoms with Crippen LogP contribution in [0.2, 0.25) is 5.02 Å². The summed E-state index contributed by atoms with van der Waals surface area (Å²) < 4.78 is 2.04. The molecule has 4 aromatic rings. The molecule has 2 aliphatic rings. The Balaban J connectivity index is 1.38. The van der Waals surface area contributed by atoms with Crippen LogP contribution in [-0.4, -0.2) is 37.1 Å². The average molecular weight is 546 g/mol. The van der Waals surface area contributed by atoms with E-state index in [2.05, 4.69) is 29.4 Å². The summed E-state index contributed by atoms with van der Waals surface area (Å²) in [6.45, 7) is 7.98. The third-order valence-corrected chi connectivity index (χ3v) is 8.81. The zero-order chi connectivity index (χ0) is 26.8. The van der Waals surface area contributed by atoms with E-state index in [1.165, 1.54) is 4.88 Å². The number of rotatable bonds is 4. The Kier molecular flexibility index (Phi) is 6.01. The number of benzene rings is 2. The maximum absolute atomic E-state index is 13.4. The maximum Gasteiger partial charge on any atom is 0.227 e. The molecule has 9 heteroatoms. The molecule has 3 heterocycles. The van der Waals surface area contributed by atoms with Crippen LogP contribution in [0.3, 0.4) is 0 Å². The topological polar surface area (TPSA) is 92.4 Å². The van der Waals surface area contributed by atoms with Crippen molar-refractivity contribution in [3.05, 3.63) is 91.8 Å². The molecule has 1 aliphatic heterocycles. The van der Waals surface area contributed by atoms with Gasteiger partial charge in [-0.15, -0.1) is 21.5 Å². The van der Waals surface area contributed by atoms with E-state index < -0.39 is 11.6 Å². The van der Waals surface area contributed by atoms with Crippen molar-refractivity contribution in [1.29, 1.82) is 0 Å². The zero-order valence-corrected chi connectivity index (χ0v) is 23.2. The van der Waals surface area contributed by atoms with Crippen LogP contribution in [0.4, 0.5) is 5.69 Å². The quantitative estimate of drug-likeness (QED) is 0.345. The summed E-state index contributed by atoms with van der Waals surface area (Å²) in [6, 6.07) is 13.0. The van der Waals surface area contributed by atoms with Gasteiger partial charge in [0.15, 0.2) is 5.82 Å². The van der Waals surface area contributed by atoms with Crippen molar-refractivity contribution in [3.63, 3.8) is 0 Å². The number of thiophene rings is 1. The third kappa shape index (κ3) is 4.36. The van der Waals surface area contributed by atoms with Crippen molar-refractivity contribution in [2.75, 3.05) is 5.32 Å². The lowest BCUT2D eigenvalue weighted by Crippen LogP contribution is -2.23. The molecule has 0 radical (unpaired) electrons. The van der Waals surface area contributed by atoms with Gasteiger partial charge in [0.05, 0.1) is 17.7 Å². The molecule has 0 bridgehead atoms. The van der Waals surface area contributed by atoms with Gasteiger partial charge in [0.25, 0.3) is 0 Å². The molecule has 2 N–H and O–H groups in total. The molecule has 7 nitrogen and oxygen atoms in total. The molecule has 0 spiro atoms. The Morgan fingerprint density at radius 1 is 1.13 bits per heavy atom. The van der Waals surface area contributed by atoms with E-state index in [-0.39, 0.29) is 12.3 Å². The molecular formula is C29H28ClN5O2S. The normalized spacial score (nSPS) is 19.8. The summed E-state index contributed by atoms with van der Waals surface area (Å²) in [6.07, 6.45) is 1.31. The van der Waals surface area contributed by atoms with Gasteiger partial charge < -0.3 is 10.4 Å².